The van der Waals surface area contributed by atoms with Crippen molar-refractivity contribution in [2.75, 3.05) is 26.2 Å². The van der Waals surface area contributed by atoms with Crippen LogP contribution in [-0.2, 0) is 0 Å². The van der Waals surface area contributed by atoms with Crippen molar-refractivity contribution in [3.05, 3.63) is 0 Å². The van der Waals surface area contributed by atoms with E-state index in [2.05, 4.69) is 45.3 Å². The molecule has 3 nitrogen and oxygen atoms in total. The minimum Gasteiger partial charge on any atom is -0.330 e. The first-order valence-electron chi connectivity index (χ1n) is 16.9. The molecule has 0 amide bonds. The molecule has 4 N–H and O–H groups in total. The van der Waals surface area contributed by atoms with Gasteiger partial charge in [-0.2, -0.15) is 0 Å². The van der Waals surface area contributed by atoms with Crippen LogP contribution in [0.2, 0.25) is 0 Å². The molecule has 4 saturated carbocycles. The highest BCUT2D eigenvalue weighted by molar-refractivity contribution is 5.10. The van der Waals surface area contributed by atoms with Crippen LogP contribution in [0.1, 0.15) is 131 Å². The normalized spacial score (nSPS) is 40.3. The molecule has 4 aliphatic carbocycles. The lowest BCUT2D eigenvalue weighted by molar-refractivity contribution is -0.118. The summed E-state index contributed by atoms with van der Waals surface area (Å²) in [6.07, 6.45) is 21.5. The summed E-state index contributed by atoms with van der Waals surface area (Å²) in [5.41, 5.74) is 6.85. The molecule has 4 rings (SSSR count). The smallest absolute Gasteiger partial charge is 0.00701 e. The van der Waals surface area contributed by atoms with Crippen molar-refractivity contribution in [1.29, 1.82) is 0 Å². The van der Waals surface area contributed by atoms with Gasteiger partial charge in [-0.05, 0) is 155 Å². The van der Waals surface area contributed by atoms with Gasteiger partial charge in [0.15, 0.2) is 0 Å². The first kappa shape index (κ1) is 29.9. The average Bonchev–Trinajstić information content (AvgIpc) is 3.22. The Morgan fingerprint density at radius 3 is 2.30 bits per heavy atom. The lowest BCUT2D eigenvalue weighted by Gasteiger charge is -2.61. The predicted molar refractivity (Wildman–Crippen MR) is 161 cm³/mol. The Labute approximate surface area is 231 Å². The standard InChI is InChI=1S/C34H65N3/c1-25(2)10-8-11-26(3)30-14-15-31-29-13-12-27-24-28(37-23-9-22-36-21-7-6-20-35)16-18-33(27,4)32(29)17-19-34(30,31)5/h25-32,36-37H,6-24,35H2,1-5H3/t26?,27-,28-,29?,30+,31?,32?,33-,34+/m0/s1. The average molecular weight is 516 g/mol. The SMILES string of the molecule is CC(C)CCCC(C)[C@H]1CCC2C3CC[C@H]4C[C@@H](NCCCNCCCCN)CC[C@]4(C)C3CC[C@@]21C. The summed E-state index contributed by atoms with van der Waals surface area (Å²) < 4.78 is 0. The summed E-state index contributed by atoms with van der Waals surface area (Å²) in [4.78, 5) is 0. The van der Waals surface area contributed by atoms with Gasteiger partial charge >= 0.3 is 0 Å². The molecule has 0 aromatic heterocycles. The highest BCUT2D eigenvalue weighted by Crippen LogP contribution is 2.68. The van der Waals surface area contributed by atoms with Crippen molar-refractivity contribution in [2.45, 2.75) is 137 Å². The van der Waals surface area contributed by atoms with E-state index >= 15 is 0 Å². The molecular formula is C34H65N3. The van der Waals surface area contributed by atoms with E-state index in [9.17, 15) is 0 Å². The Kier molecular flexibility index (Phi) is 10.9. The van der Waals surface area contributed by atoms with Crippen LogP contribution in [0, 0.1) is 52.3 Å². The molecule has 0 radical (unpaired) electrons. The molecule has 37 heavy (non-hydrogen) atoms. The minimum absolute atomic E-state index is 0.619. The summed E-state index contributed by atoms with van der Waals surface area (Å²) in [5, 5.41) is 7.56. The summed E-state index contributed by atoms with van der Waals surface area (Å²) >= 11 is 0. The Bertz CT molecular complexity index is 678. The van der Waals surface area contributed by atoms with Crippen molar-refractivity contribution < 1.29 is 0 Å². The molecule has 216 valence electrons. The van der Waals surface area contributed by atoms with Gasteiger partial charge in [0.2, 0.25) is 0 Å². The van der Waals surface area contributed by atoms with Gasteiger partial charge in [0.25, 0.3) is 0 Å². The quantitative estimate of drug-likeness (QED) is 0.207. The van der Waals surface area contributed by atoms with E-state index in [0.717, 1.165) is 73.5 Å². The largest absolute Gasteiger partial charge is 0.330 e. The summed E-state index contributed by atoms with van der Waals surface area (Å²) in [5.74, 6) is 6.82. The predicted octanol–water partition coefficient (Wildman–Crippen LogP) is 7.78. The van der Waals surface area contributed by atoms with Gasteiger partial charge in [-0.3, -0.25) is 0 Å². The first-order valence-corrected chi connectivity index (χ1v) is 16.9. The van der Waals surface area contributed by atoms with Gasteiger partial charge < -0.3 is 16.4 Å². The molecule has 0 aliphatic heterocycles. The number of fused-ring (bicyclic) bond motifs is 5. The monoisotopic (exact) mass is 516 g/mol. The van der Waals surface area contributed by atoms with Crippen molar-refractivity contribution in [3.8, 4) is 0 Å². The second-order valence-corrected chi connectivity index (χ2v) is 15.2. The van der Waals surface area contributed by atoms with Gasteiger partial charge in [-0.25, -0.2) is 0 Å². The second-order valence-electron chi connectivity index (χ2n) is 15.2. The maximum Gasteiger partial charge on any atom is 0.00701 e. The van der Waals surface area contributed by atoms with Crippen molar-refractivity contribution in [3.63, 3.8) is 0 Å². The highest BCUT2D eigenvalue weighted by atomic mass is 14.9. The lowest BCUT2D eigenvalue weighted by Crippen LogP contribution is -2.55. The number of hydrogen-bond acceptors (Lipinski definition) is 3. The third-order valence-corrected chi connectivity index (χ3v) is 12.6. The van der Waals surface area contributed by atoms with E-state index in [-0.39, 0.29) is 0 Å². The number of nitrogens with one attached hydrogen (secondary N) is 2. The summed E-state index contributed by atoms with van der Waals surface area (Å²) in [7, 11) is 0. The van der Waals surface area contributed by atoms with Crippen LogP contribution >= 0.6 is 0 Å². The number of hydrogen-bond donors (Lipinski definition) is 3. The van der Waals surface area contributed by atoms with Gasteiger partial charge in [0.05, 0.1) is 0 Å². The minimum atomic E-state index is 0.619. The molecule has 4 fully saturated rings. The molecule has 4 unspecified atom stereocenters. The number of nitrogens with two attached hydrogens (primary N) is 1. The van der Waals surface area contributed by atoms with E-state index in [0.29, 0.717) is 10.8 Å². The van der Waals surface area contributed by atoms with E-state index < -0.39 is 0 Å². The van der Waals surface area contributed by atoms with Crippen molar-refractivity contribution >= 4 is 0 Å². The maximum absolute atomic E-state index is 5.59. The molecule has 4 aliphatic rings. The second kappa shape index (κ2) is 13.5. The van der Waals surface area contributed by atoms with Crippen LogP contribution in [0.3, 0.4) is 0 Å². The number of unbranched alkanes of at least 4 members (excludes halogenated alkanes) is 1. The molecule has 9 atom stereocenters. The zero-order chi connectivity index (χ0) is 26.5. The Morgan fingerprint density at radius 1 is 0.757 bits per heavy atom. The Morgan fingerprint density at radius 2 is 1.51 bits per heavy atom. The molecule has 0 bridgehead atoms. The van der Waals surface area contributed by atoms with Crippen molar-refractivity contribution in [1.82, 2.24) is 10.6 Å². The van der Waals surface area contributed by atoms with Crippen LogP contribution in [0.4, 0.5) is 0 Å². The maximum atomic E-state index is 5.59. The zero-order valence-electron chi connectivity index (χ0n) is 25.6. The highest BCUT2D eigenvalue weighted by Gasteiger charge is 2.60. The van der Waals surface area contributed by atoms with E-state index in [4.69, 9.17) is 5.73 Å². The molecule has 0 saturated heterocycles. The van der Waals surface area contributed by atoms with Gasteiger partial charge in [-0.15, -0.1) is 0 Å². The van der Waals surface area contributed by atoms with Crippen LogP contribution in [-0.4, -0.2) is 32.2 Å². The van der Waals surface area contributed by atoms with Crippen LogP contribution in [0.5, 0.6) is 0 Å². The Hall–Kier alpha value is -0.120. The van der Waals surface area contributed by atoms with E-state index in [1.807, 2.05) is 0 Å². The van der Waals surface area contributed by atoms with Crippen molar-refractivity contribution in [2.24, 2.45) is 58.0 Å². The fourth-order valence-electron chi connectivity index (χ4n) is 10.5. The molecule has 0 aromatic rings. The third kappa shape index (κ3) is 6.79. The molecular weight excluding hydrogens is 450 g/mol. The van der Waals surface area contributed by atoms with E-state index in [1.54, 1.807) is 12.8 Å². The van der Waals surface area contributed by atoms with Crippen LogP contribution in [0.25, 0.3) is 0 Å². The molecule has 0 aromatic carbocycles. The topological polar surface area (TPSA) is 50.1 Å². The van der Waals surface area contributed by atoms with Gasteiger partial charge in [-0.1, -0.05) is 53.9 Å². The number of rotatable bonds is 14. The van der Waals surface area contributed by atoms with E-state index in [1.165, 1.54) is 83.6 Å². The third-order valence-electron chi connectivity index (χ3n) is 12.6. The lowest BCUT2D eigenvalue weighted by atomic mass is 9.44. The summed E-state index contributed by atoms with van der Waals surface area (Å²) in [6.45, 7) is 17.2. The molecule has 3 heteroatoms. The van der Waals surface area contributed by atoms with Crippen LogP contribution in [0.15, 0.2) is 0 Å². The van der Waals surface area contributed by atoms with Crippen LogP contribution < -0.4 is 16.4 Å². The summed E-state index contributed by atoms with van der Waals surface area (Å²) in [6, 6.07) is 0.767. The fourth-order valence-corrected chi connectivity index (χ4v) is 10.5. The molecule has 0 heterocycles. The first-order chi connectivity index (χ1) is 17.8. The van der Waals surface area contributed by atoms with Gasteiger partial charge in [0, 0.05) is 6.04 Å². The van der Waals surface area contributed by atoms with Gasteiger partial charge in [0.1, 0.15) is 0 Å². The zero-order valence-corrected chi connectivity index (χ0v) is 25.6. The fraction of sp³-hybridized carbons (Fsp3) is 1.00. The molecule has 0 spiro atoms. The Balaban J connectivity index is 1.26.